The summed E-state index contributed by atoms with van der Waals surface area (Å²) in [7, 11) is 0. The van der Waals surface area contributed by atoms with Crippen molar-refractivity contribution in [3.8, 4) is 0 Å². The normalized spacial score (nSPS) is 18.6. The van der Waals surface area contributed by atoms with Gasteiger partial charge in [0.2, 0.25) is 17.7 Å². The molecule has 0 bridgehead atoms. The van der Waals surface area contributed by atoms with Crippen molar-refractivity contribution in [1.82, 2.24) is 25.5 Å². The minimum atomic E-state index is -1.19. The van der Waals surface area contributed by atoms with Crippen LogP contribution in [0.3, 0.4) is 0 Å². The van der Waals surface area contributed by atoms with Crippen LogP contribution in [0.4, 0.5) is 0 Å². The van der Waals surface area contributed by atoms with Gasteiger partial charge in [-0.05, 0) is 37.2 Å². The average molecular weight is 483 g/mol. The van der Waals surface area contributed by atoms with E-state index in [9.17, 15) is 24.3 Å². The fourth-order valence-electron chi connectivity index (χ4n) is 3.64. The summed E-state index contributed by atoms with van der Waals surface area (Å²) in [5, 5.41) is 14.8. The Balaban J connectivity index is 2.08. The summed E-state index contributed by atoms with van der Waals surface area (Å²) in [5.74, 6) is -1.97. The number of amides is 3. The molecule has 0 saturated carbocycles. The summed E-state index contributed by atoms with van der Waals surface area (Å²) in [4.78, 5) is 58.5. The van der Waals surface area contributed by atoms with Gasteiger partial charge < -0.3 is 31.4 Å². The Labute approximate surface area is 197 Å². The van der Waals surface area contributed by atoms with E-state index < -0.39 is 42.0 Å². The van der Waals surface area contributed by atoms with Gasteiger partial charge in [0.1, 0.15) is 18.1 Å². The first-order valence-electron chi connectivity index (χ1n) is 11.0. The molecule has 184 valence electrons. The van der Waals surface area contributed by atoms with Crippen molar-refractivity contribution in [1.29, 1.82) is 0 Å². The van der Waals surface area contributed by atoms with E-state index in [4.69, 9.17) is 5.73 Å². The Bertz CT molecular complexity index is 818. The fraction of sp³-hybridized carbons (Fsp3) is 0.667. The molecule has 6 N–H and O–H groups in total. The van der Waals surface area contributed by atoms with Gasteiger partial charge in [-0.25, -0.2) is 9.78 Å². The zero-order valence-corrected chi connectivity index (χ0v) is 20.1. The highest BCUT2D eigenvalue weighted by molar-refractivity contribution is 7.98. The van der Waals surface area contributed by atoms with Crippen LogP contribution in [-0.4, -0.2) is 86.4 Å². The molecule has 1 aromatic heterocycles. The second kappa shape index (κ2) is 12.6. The molecule has 2 heterocycles. The van der Waals surface area contributed by atoms with Crippen molar-refractivity contribution in [2.24, 2.45) is 11.7 Å². The maximum atomic E-state index is 13.0. The summed E-state index contributed by atoms with van der Waals surface area (Å²) >= 11 is 1.51. The van der Waals surface area contributed by atoms with Crippen LogP contribution in [0.15, 0.2) is 12.5 Å². The number of likely N-dealkylation sites (tertiary alicyclic amines) is 1. The quantitative estimate of drug-likeness (QED) is 0.271. The minimum Gasteiger partial charge on any atom is -0.480 e. The van der Waals surface area contributed by atoms with Gasteiger partial charge in [-0.3, -0.25) is 14.4 Å². The topological polar surface area (TPSA) is 171 Å². The van der Waals surface area contributed by atoms with Crippen LogP contribution in [0.2, 0.25) is 0 Å². The first-order valence-corrected chi connectivity index (χ1v) is 12.4. The monoisotopic (exact) mass is 482 g/mol. The molecule has 1 aliphatic heterocycles. The second-order valence-electron chi connectivity index (χ2n) is 8.48. The van der Waals surface area contributed by atoms with E-state index in [1.807, 2.05) is 20.1 Å². The molecule has 0 spiro atoms. The van der Waals surface area contributed by atoms with Crippen LogP contribution in [-0.2, 0) is 25.6 Å². The first kappa shape index (κ1) is 26.7. The number of aliphatic carboxylic acids is 1. The summed E-state index contributed by atoms with van der Waals surface area (Å²) in [6.07, 6.45) is 6.29. The highest BCUT2D eigenvalue weighted by atomic mass is 32.2. The molecule has 3 amide bonds. The summed E-state index contributed by atoms with van der Waals surface area (Å²) < 4.78 is 0. The molecule has 2 rings (SSSR count). The molecule has 1 aliphatic rings. The minimum absolute atomic E-state index is 0.0300. The van der Waals surface area contributed by atoms with Crippen LogP contribution in [0.25, 0.3) is 0 Å². The van der Waals surface area contributed by atoms with Gasteiger partial charge in [0.15, 0.2) is 0 Å². The summed E-state index contributed by atoms with van der Waals surface area (Å²) in [6.45, 7) is 4.13. The van der Waals surface area contributed by atoms with Gasteiger partial charge in [-0.15, -0.1) is 0 Å². The van der Waals surface area contributed by atoms with E-state index in [1.165, 1.54) is 29.2 Å². The number of aromatic nitrogens is 2. The molecule has 1 fully saturated rings. The van der Waals surface area contributed by atoms with Crippen LogP contribution in [0, 0.1) is 5.92 Å². The van der Waals surface area contributed by atoms with Gasteiger partial charge in [-0.1, -0.05) is 13.8 Å². The molecule has 4 unspecified atom stereocenters. The van der Waals surface area contributed by atoms with E-state index in [2.05, 4.69) is 20.6 Å². The molecule has 1 saturated heterocycles. The van der Waals surface area contributed by atoms with Crippen molar-refractivity contribution < 1.29 is 24.3 Å². The number of carboxylic acid groups (broad SMARTS) is 1. The SMILES string of the molecule is CSCCC(NC(=O)C1CCCN1C(=O)C(N)C(C)C)C(=O)NC(Cc1cnc[nH]1)C(=O)O. The van der Waals surface area contributed by atoms with E-state index in [-0.39, 0.29) is 18.2 Å². The van der Waals surface area contributed by atoms with Gasteiger partial charge in [0.05, 0.1) is 12.4 Å². The van der Waals surface area contributed by atoms with E-state index in [0.717, 1.165) is 0 Å². The maximum Gasteiger partial charge on any atom is 0.326 e. The highest BCUT2D eigenvalue weighted by Crippen LogP contribution is 2.20. The Morgan fingerprint density at radius 2 is 2.03 bits per heavy atom. The Morgan fingerprint density at radius 3 is 2.61 bits per heavy atom. The third-order valence-electron chi connectivity index (χ3n) is 5.68. The zero-order valence-electron chi connectivity index (χ0n) is 19.2. The number of carboxylic acids is 1. The van der Waals surface area contributed by atoms with Gasteiger partial charge in [-0.2, -0.15) is 11.8 Å². The number of nitrogens with zero attached hydrogens (tertiary/aromatic N) is 2. The number of carbonyl (C=O) groups is 4. The van der Waals surface area contributed by atoms with Crippen molar-refractivity contribution >= 4 is 35.5 Å². The molecule has 33 heavy (non-hydrogen) atoms. The van der Waals surface area contributed by atoms with Crippen LogP contribution in [0.1, 0.15) is 38.8 Å². The number of thioether (sulfide) groups is 1. The summed E-state index contributed by atoms with van der Waals surface area (Å²) in [5.41, 5.74) is 6.57. The lowest BCUT2D eigenvalue weighted by Crippen LogP contribution is -2.57. The predicted octanol–water partition coefficient (Wildman–Crippen LogP) is -0.266. The van der Waals surface area contributed by atoms with E-state index in [0.29, 0.717) is 37.3 Å². The van der Waals surface area contributed by atoms with Crippen molar-refractivity contribution in [3.63, 3.8) is 0 Å². The van der Waals surface area contributed by atoms with Crippen LogP contribution < -0.4 is 16.4 Å². The molecule has 11 nitrogen and oxygen atoms in total. The van der Waals surface area contributed by atoms with Crippen LogP contribution >= 0.6 is 11.8 Å². The smallest absolute Gasteiger partial charge is 0.326 e. The molecular formula is C21H34N6O5S. The Hall–Kier alpha value is -2.60. The maximum absolute atomic E-state index is 13.0. The average Bonchev–Trinajstić information content (AvgIpc) is 3.46. The van der Waals surface area contributed by atoms with Crippen molar-refractivity contribution in [2.45, 2.75) is 63.7 Å². The number of hydrogen-bond acceptors (Lipinski definition) is 7. The third-order valence-corrected chi connectivity index (χ3v) is 6.32. The summed E-state index contributed by atoms with van der Waals surface area (Å²) in [6, 6.07) is -3.51. The molecule has 0 aliphatic carbocycles. The molecular weight excluding hydrogens is 448 g/mol. The number of hydrogen-bond donors (Lipinski definition) is 5. The highest BCUT2D eigenvalue weighted by Gasteiger charge is 2.38. The number of rotatable bonds is 12. The lowest BCUT2D eigenvalue weighted by Gasteiger charge is -2.29. The number of nitrogens with two attached hydrogens (primary N) is 1. The standard InChI is InChI=1S/C21H34N6O5S/c1-12(2)17(22)20(30)27-7-4-5-16(27)19(29)25-14(6-8-33-3)18(28)26-15(21(31)32)9-13-10-23-11-24-13/h10-12,14-17H,4-9,22H2,1-3H3,(H,23,24)(H,25,29)(H,26,28)(H,31,32). The van der Waals surface area contributed by atoms with Gasteiger partial charge in [0, 0.05) is 24.9 Å². The largest absolute Gasteiger partial charge is 0.480 e. The lowest BCUT2D eigenvalue weighted by atomic mass is 10.0. The zero-order chi connectivity index (χ0) is 24.5. The number of nitrogens with one attached hydrogen (secondary N) is 3. The van der Waals surface area contributed by atoms with Crippen LogP contribution in [0.5, 0.6) is 0 Å². The second-order valence-corrected chi connectivity index (χ2v) is 9.47. The number of carbonyl (C=O) groups excluding carboxylic acids is 3. The molecule has 4 atom stereocenters. The third kappa shape index (κ3) is 7.46. The molecule has 12 heteroatoms. The lowest BCUT2D eigenvalue weighted by molar-refractivity contribution is -0.143. The van der Waals surface area contributed by atoms with Crippen molar-refractivity contribution in [3.05, 3.63) is 18.2 Å². The Kier molecular flexibility index (Phi) is 10.2. The molecule has 1 aromatic rings. The fourth-order valence-corrected chi connectivity index (χ4v) is 4.11. The Morgan fingerprint density at radius 1 is 1.30 bits per heavy atom. The number of aromatic amines is 1. The molecule has 0 radical (unpaired) electrons. The molecule has 0 aromatic carbocycles. The van der Waals surface area contributed by atoms with Gasteiger partial charge >= 0.3 is 5.97 Å². The number of H-pyrrole nitrogens is 1. The predicted molar refractivity (Wildman–Crippen MR) is 124 cm³/mol. The first-order chi connectivity index (χ1) is 15.6. The van der Waals surface area contributed by atoms with E-state index >= 15 is 0 Å². The van der Waals surface area contributed by atoms with Gasteiger partial charge in [0.25, 0.3) is 0 Å². The number of imidazole rings is 1. The van der Waals surface area contributed by atoms with Crippen molar-refractivity contribution in [2.75, 3.05) is 18.6 Å². The van der Waals surface area contributed by atoms with E-state index in [1.54, 1.807) is 0 Å².